The van der Waals surface area contributed by atoms with Crippen LogP contribution in [-0.2, 0) is 10.1 Å². The third-order valence-electron chi connectivity index (χ3n) is 4.76. The molecule has 0 aromatic carbocycles. The number of aliphatic hydroxyl groups excluding tert-OH is 1. The van der Waals surface area contributed by atoms with Gasteiger partial charge in [-0.15, -0.1) is 0 Å². The summed E-state index contributed by atoms with van der Waals surface area (Å²) in [5.41, 5.74) is 0. The third kappa shape index (κ3) is 14.2. The molecule has 0 aromatic rings. The smallest absolute Gasteiger partial charge is 0.267 e. The van der Waals surface area contributed by atoms with Crippen LogP contribution < -0.4 is 0 Å². The monoisotopic (exact) mass is 364 g/mol. The van der Waals surface area contributed by atoms with Gasteiger partial charge < -0.3 is 5.11 Å². The van der Waals surface area contributed by atoms with Crippen molar-refractivity contribution in [2.75, 3.05) is 0 Å². The summed E-state index contributed by atoms with van der Waals surface area (Å²) < 4.78 is 32.0. The minimum Gasteiger partial charge on any atom is -0.393 e. The van der Waals surface area contributed by atoms with Crippen molar-refractivity contribution in [3.05, 3.63) is 0 Å². The fourth-order valence-corrected chi connectivity index (χ4v) is 3.99. The molecule has 146 valence electrons. The van der Waals surface area contributed by atoms with Crippen molar-refractivity contribution in [1.82, 2.24) is 0 Å². The minimum atomic E-state index is -3.99. The fourth-order valence-electron chi connectivity index (χ4n) is 3.09. The Morgan fingerprint density at radius 3 is 1.67 bits per heavy atom. The van der Waals surface area contributed by atoms with E-state index in [1.54, 1.807) is 0 Å². The van der Waals surface area contributed by atoms with Gasteiger partial charge >= 0.3 is 0 Å². The van der Waals surface area contributed by atoms with Gasteiger partial charge in [-0.1, -0.05) is 84.5 Å². The molecule has 2 atom stereocenters. The second kappa shape index (κ2) is 15.2. The van der Waals surface area contributed by atoms with E-state index in [0.717, 1.165) is 32.1 Å². The molecule has 2 unspecified atom stereocenters. The highest BCUT2D eigenvalue weighted by atomic mass is 32.2. The summed E-state index contributed by atoms with van der Waals surface area (Å²) in [7, 11) is -3.99. The second-order valence-corrected chi connectivity index (χ2v) is 8.82. The standard InChI is InChI=1S/C19H40O4S/c1-3-5-7-8-9-10-11-12-13-14-18(20)16-17-19(15-6-4-2)24(21,22)23/h18-20H,3-17H2,1-2H3,(H,21,22,23). The van der Waals surface area contributed by atoms with Crippen molar-refractivity contribution >= 4 is 10.1 Å². The Morgan fingerprint density at radius 2 is 1.17 bits per heavy atom. The van der Waals surface area contributed by atoms with Gasteiger partial charge in [0.2, 0.25) is 0 Å². The first kappa shape index (κ1) is 23.9. The molecular formula is C19H40O4S. The zero-order chi connectivity index (χ0) is 18.3. The highest BCUT2D eigenvalue weighted by Gasteiger charge is 2.23. The third-order valence-corrected chi connectivity index (χ3v) is 6.08. The topological polar surface area (TPSA) is 74.6 Å². The first-order valence-corrected chi connectivity index (χ1v) is 11.6. The fraction of sp³-hybridized carbons (Fsp3) is 1.00. The van der Waals surface area contributed by atoms with Crippen molar-refractivity contribution in [2.45, 2.75) is 122 Å². The molecule has 0 saturated carbocycles. The lowest BCUT2D eigenvalue weighted by atomic mass is 10.0. The Bertz CT molecular complexity index is 368. The van der Waals surface area contributed by atoms with E-state index in [9.17, 15) is 18.1 Å². The molecule has 0 aliphatic carbocycles. The van der Waals surface area contributed by atoms with Crippen molar-refractivity contribution in [1.29, 1.82) is 0 Å². The average molecular weight is 365 g/mol. The summed E-state index contributed by atoms with van der Waals surface area (Å²) in [4.78, 5) is 0. The Kier molecular flexibility index (Phi) is 15.1. The van der Waals surface area contributed by atoms with Crippen LogP contribution in [-0.4, -0.2) is 29.4 Å². The van der Waals surface area contributed by atoms with Gasteiger partial charge in [0.1, 0.15) is 0 Å². The molecule has 0 aliphatic rings. The average Bonchev–Trinajstić information content (AvgIpc) is 2.52. The lowest BCUT2D eigenvalue weighted by Gasteiger charge is -2.16. The van der Waals surface area contributed by atoms with Crippen molar-refractivity contribution < 1.29 is 18.1 Å². The molecule has 0 aromatic heterocycles. The van der Waals surface area contributed by atoms with E-state index in [4.69, 9.17) is 0 Å². The molecule has 0 bridgehead atoms. The van der Waals surface area contributed by atoms with Crippen LogP contribution in [0.5, 0.6) is 0 Å². The van der Waals surface area contributed by atoms with Gasteiger partial charge in [-0.25, -0.2) is 0 Å². The summed E-state index contributed by atoms with van der Waals surface area (Å²) in [6.45, 7) is 4.23. The van der Waals surface area contributed by atoms with Crippen LogP contribution in [0.25, 0.3) is 0 Å². The Labute approximate surface area is 150 Å². The predicted octanol–water partition coefficient (Wildman–Crippen LogP) is 5.50. The molecule has 0 saturated heterocycles. The molecule has 0 heterocycles. The van der Waals surface area contributed by atoms with E-state index in [2.05, 4.69) is 6.92 Å². The highest BCUT2D eigenvalue weighted by molar-refractivity contribution is 7.86. The zero-order valence-electron chi connectivity index (χ0n) is 15.9. The summed E-state index contributed by atoms with van der Waals surface area (Å²) in [6, 6.07) is 0. The van der Waals surface area contributed by atoms with Gasteiger partial charge in [-0.2, -0.15) is 8.42 Å². The van der Waals surface area contributed by atoms with E-state index < -0.39 is 21.5 Å². The van der Waals surface area contributed by atoms with Crippen LogP contribution in [0.2, 0.25) is 0 Å². The van der Waals surface area contributed by atoms with Crippen LogP contribution in [0, 0.1) is 0 Å². The normalized spacial score (nSPS) is 14.7. The number of unbranched alkanes of at least 4 members (excludes halogenated alkanes) is 9. The van der Waals surface area contributed by atoms with Gasteiger partial charge in [0, 0.05) is 0 Å². The van der Waals surface area contributed by atoms with E-state index in [1.807, 2.05) is 6.92 Å². The maximum Gasteiger partial charge on any atom is 0.267 e. The predicted molar refractivity (Wildman–Crippen MR) is 102 cm³/mol. The largest absolute Gasteiger partial charge is 0.393 e. The van der Waals surface area contributed by atoms with Crippen LogP contribution >= 0.6 is 0 Å². The van der Waals surface area contributed by atoms with Crippen molar-refractivity contribution in [2.24, 2.45) is 0 Å². The van der Waals surface area contributed by atoms with Crippen molar-refractivity contribution in [3.8, 4) is 0 Å². The maximum absolute atomic E-state index is 11.4. The van der Waals surface area contributed by atoms with Gasteiger partial charge in [-0.05, 0) is 25.7 Å². The van der Waals surface area contributed by atoms with Crippen LogP contribution in [0.3, 0.4) is 0 Å². The van der Waals surface area contributed by atoms with E-state index >= 15 is 0 Å². The molecule has 24 heavy (non-hydrogen) atoms. The molecule has 4 nitrogen and oxygen atoms in total. The van der Waals surface area contributed by atoms with E-state index in [0.29, 0.717) is 19.3 Å². The molecular weight excluding hydrogens is 324 g/mol. The lowest BCUT2D eigenvalue weighted by Crippen LogP contribution is -2.22. The van der Waals surface area contributed by atoms with Crippen LogP contribution in [0.15, 0.2) is 0 Å². The van der Waals surface area contributed by atoms with Gasteiger partial charge in [0.15, 0.2) is 0 Å². The Hall–Kier alpha value is -0.130. The van der Waals surface area contributed by atoms with Crippen molar-refractivity contribution in [3.63, 3.8) is 0 Å². The molecule has 0 spiro atoms. The molecule has 0 amide bonds. The Morgan fingerprint density at radius 1 is 0.667 bits per heavy atom. The molecule has 0 aliphatic heterocycles. The summed E-state index contributed by atoms with van der Waals surface area (Å²) in [6.07, 6.45) is 14.6. The SMILES string of the molecule is CCCCCCCCCCCC(O)CCC(CCCC)S(=O)(=O)O. The summed E-state index contributed by atoms with van der Waals surface area (Å²) in [5, 5.41) is 9.30. The lowest BCUT2D eigenvalue weighted by molar-refractivity contribution is 0.147. The quantitative estimate of drug-likeness (QED) is 0.264. The molecule has 0 radical (unpaired) electrons. The molecule has 5 heteroatoms. The second-order valence-electron chi connectivity index (χ2n) is 7.13. The van der Waals surface area contributed by atoms with Gasteiger partial charge in [-0.3, -0.25) is 4.55 Å². The molecule has 0 fully saturated rings. The van der Waals surface area contributed by atoms with E-state index in [1.165, 1.54) is 44.9 Å². The molecule has 2 N–H and O–H groups in total. The van der Waals surface area contributed by atoms with Gasteiger partial charge in [0.25, 0.3) is 10.1 Å². The number of hydrogen-bond donors (Lipinski definition) is 2. The first-order valence-electron chi connectivity index (χ1n) is 10.1. The zero-order valence-corrected chi connectivity index (χ0v) is 16.7. The van der Waals surface area contributed by atoms with E-state index in [-0.39, 0.29) is 0 Å². The number of aliphatic hydroxyl groups is 1. The summed E-state index contributed by atoms with van der Waals surface area (Å²) in [5.74, 6) is 0. The Balaban J connectivity index is 3.68. The maximum atomic E-state index is 11.4. The van der Waals surface area contributed by atoms with Crippen LogP contribution in [0.4, 0.5) is 0 Å². The number of hydrogen-bond acceptors (Lipinski definition) is 3. The van der Waals surface area contributed by atoms with Gasteiger partial charge in [0.05, 0.1) is 11.4 Å². The first-order chi connectivity index (χ1) is 11.4. The molecule has 0 rings (SSSR count). The summed E-state index contributed by atoms with van der Waals surface area (Å²) >= 11 is 0. The highest BCUT2D eigenvalue weighted by Crippen LogP contribution is 2.18. The number of rotatable bonds is 17. The van der Waals surface area contributed by atoms with Crippen LogP contribution in [0.1, 0.15) is 110 Å². The minimum absolute atomic E-state index is 0.359.